The molecule has 4 heteroatoms. The summed E-state index contributed by atoms with van der Waals surface area (Å²) < 4.78 is 0. The van der Waals surface area contributed by atoms with Crippen molar-refractivity contribution in [3.8, 4) is 0 Å². The number of rotatable bonds is 3. The van der Waals surface area contributed by atoms with Gasteiger partial charge in [0.25, 0.3) is 0 Å². The van der Waals surface area contributed by atoms with Crippen molar-refractivity contribution in [2.24, 2.45) is 11.1 Å². The van der Waals surface area contributed by atoms with Crippen molar-refractivity contribution < 1.29 is 4.79 Å². The Morgan fingerprint density at radius 2 is 2.06 bits per heavy atom. The maximum Gasteiger partial charge on any atom is 0.230 e. The summed E-state index contributed by atoms with van der Waals surface area (Å²) in [6.45, 7) is 2.31. The molecule has 2 aliphatic rings. The zero-order valence-electron chi connectivity index (χ0n) is 11.1. The molecule has 4 nitrogen and oxygen atoms in total. The van der Waals surface area contributed by atoms with Gasteiger partial charge in [0.05, 0.1) is 5.41 Å². The summed E-state index contributed by atoms with van der Waals surface area (Å²) >= 11 is 0. The monoisotopic (exact) mass is 239 g/mol. The van der Waals surface area contributed by atoms with E-state index in [4.69, 9.17) is 5.73 Å². The van der Waals surface area contributed by atoms with Gasteiger partial charge in [-0.25, -0.2) is 0 Å². The maximum atomic E-state index is 12.6. The molecule has 2 N–H and O–H groups in total. The summed E-state index contributed by atoms with van der Waals surface area (Å²) in [5.74, 6) is 0.321. The minimum Gasteiger partial charge on any atom is -0.341 e. The smallest absolute Gasteiger partial charge is 0.230 e. The molecule has 0 bridgehead atoms. The van der Waals surface area contributed by atoms with Crippen molar-refractivity contribution in [1.29, 1.82) is 0 Å². The molecule has 1 aliphatic heterocycles. The fourth-order valence-electron chi connectivity index (χ4n) is 3.24. The molecular weight excluding hydrogens is 214 g/mol. The Bertz CT molecular complexity index is 284. The van der Waals surface area contributed by atoms with E-state index in [0.717, 1.165) is 45.2 Å². The second-order valence-corrected chi connectivity index (χ2v) is 5.85. The number of carbonyl (C=O) groups is 1. The van der Waals surface area contributed by atoms with E-state index in [1.165, 1.54) is 0 Å². The normalized spacial score (nSPS) is 28.0. The zero-order chi connectivity index (χ0) is 12.5. The van der Waals surface area contributed by atoms with E-state index in [1.54, 1.807) is 0 Å². The standard InChI is InChI=1S/C13H25N3O/c1-15(2)11-5-8-16(9-11)12(17)13(10-14)6-3-4-7-13/h11H,3-10,14H2,1-2H3. The van der Waals surface area contributed by atoms with Crippen LogP contribution in [0, 0.1) is 5.41 Å². The second-order valence-electron chi connectivity index (χ2n) is 5.85. The van der Waals surface area contributed by atoms with Crippen molar-refractivity contribution >= 4 is 5.91 Å². The lowest BCUT2D eigenvalue weighted by Crippen LogP contribution is -2.46. The highest BCUT2D eigenvalue weighted by molar-refractivity contribution is 5.83. The molecule has 98 valence electrons. The molecule has 0 aromatic heterocycles. The van der Waals surface area contributed by atoms with Crippen molar-refractivity contribution in [3.63, 3.8) is 0 Å². The van der Waals surface area contributed by atoms with Crippen LogP contribution in [0.5, 0.6) is 0 Å². The van der Waals surface area contributed by atoms with Gasteiger partial charge in [-0.1, -0.05) is 12.8 Å². The number of nitrogens with zero attached hydrogens (tertiary/aromatic N) is 2. The largest absolute Gasteiger partial charge is 0.341 e. The topological polar surface area (TPSA) is 49.6 Å². The molecule has 0 radical (unpaired) electrons. The second kappa shape index (κ2) is 4.94. The first-order valence-corrected chi connectivity index (χ1v) is 6.75. The summed E-state index contributed by atoms with van der Waals surface area (Å²) in [5, 5.41) is 0. The maximum absolute atomic E-state index is 12.6. The molecule has 1 saturated carbocycles. The van der Waals surface area contributed by atoms with Crippen molar-refractivity contribution in [1.82, 2.24) is 9.80 Å². The lowest BCUT2D eigenvalue weighted by molar-refractivity contribution is -0.140. The third-order valence-corrected chi connectivity index (χ3v) is 4.59. The van der Waals surface area contributed by atoms with E-state index in [1.807, 2.05) is 4.90 Å². The average Bonchev–Trinajstić information content (AvgIpc) is 2.98. The van der Waals surface area contributed by atoms with E-state index in [2.05, 4.69) is 19.0 Å². The molecule has 0 aromatic rings. The highest BCUT2D eigenvalue weighted by Crippen LogP contribution is 2.39. The van der Waals surface area contributed by atoms with E-state index < -0.39 is 0 Å². The van der Waals surface area contributed by atoms with Crippen LogP contribution in [0.15, 0.2) is 0 Å². The molecule has 1 amide bonds. The number of amides is 1. The van der Waals surface area contributed by atoms with Gasteiger partial charge in [-0.3, -0.25) is 4.79 Å². The van der Waals surface area contributed by atoms with Crippen LogP contribution in [0.3, 0.4) is 0 Å². The van der Waals surface area contributed by atoms with Crippen LogP contribution in [0.2, 0.25) is 0 Å². The van der Waals surface area contributed by atoms with Gasteiger partial charge < -0.3 is 15.5 Å². The SMILES string of the molecule is CN(C)C1CCN(C(=O)C2(CN)CCCC2)C1. The summed E-state index contributed by atoms with van der Waals surface area (Å²) in [7, 11) is 4.18. The van der Waals surface area contributed by atoms with Crippen LogP contribution in [-0.2, 0) is 4.79 Å². The Hall–Kier alpha value is -0.610. The van der Waals surface area contributed by atoms with Gasteiger partial charge in [0.15, 0.2) is 0 Å². The number of nitrogens with two attached hydrogens (primary N) is 1. The van der Waals surface area contributed by atoms with E-state index in [9.17, 15) is 4.79 Å². The summed E-state index contributed by atoms with van der Waals surface area (Å²) in [4.78, 5) is 16.9. The van der Waals surface area contributed by atoms with Crippen LogP contribution >= 0.6 is 0 Å². The fourth-order valence-corrected chi connectivity index (χ4v) is 3.24. The van der Waals surface area contributed by atoms with Crippen molar-refractivity contribution in [2.75, 3.05) is 33.7 Å². The Balaban J connectivity index is 2.01. The summed E-state index contributed by atoms with van der Waals surface area (Å²) in [5.41, 5.74) is 5.65. The third-order valence-electron chi connectivity index (χ3n) is 4.59. The molecule has 17 heavy (non-hydrogen) atoms. The molecule has 0 spiro atoms. The summed E-state index contributed by atoms with van der Waals surface area (Å²) in [6, 6.07) is 0.523. The Kier molecular flexibility index (Phi) is 3.73. The summed E-state index contributed by atoms with van der Waals surface area (Å²) in [6.07, 6.45) is 5.40. The molecule has 0 aromatic carbocycles. The van der Waals surface area contributed by atoms with Gasteiger partial charge in [0.1, 0.15) is 0 Å². The zero-order valence-corrected chi connectivity index (χ0v) is 11.1. The number of hydrogen-bond acceptors (Lipinski definition) is 3. The van der Waals surface area contributed by atoms with E-state index in [-0.39, 0.29) is 5.41 Å². The molecule has 2 rings (SSSR count). The van der Waals surface area contributed by atoms with Crippen LogP contribution in [0.1, 0.15) is 32.1 Å². The Morgan fingerprint density at radius 1 is 1.41 bits per heavy atom. The first-order chi connectivity index (χ1) is 8.09. The Labute approximate surface area is 104 Å². The van der Waals surface area contributed by atoms with Gasteiger partial charge in [0, 0.05) is 25.7 Å². The Morgan fingerprint density at radius 3 is 2.53 bits per heavy atom. The predicted octanol–water partition coefficient (Wildman–Crippen LogP) is 0.668. The van der Waals surface area contributed by atoms with Crippen LogP contribution in [-0.4, -0.2) is 55.5 Å². The number of carbonyl (C=O) groups excluding carboxylic acids is 1. The first kappa shape index (κ1) is 12.8. The molecule has 2 fully saturated rings. The van der Waals surface area contributed by atoms with Crippen molar-refractivity contribution in [3.05, 3.63) is 0 Å². The molecular formula is C13H25N3O. The highest BCUT2D eigenvalue weighted by atomic mass is 16.2. The van der Waals surface area contributed by atoms with E-state index in [0.29, 0.717) is 18.5 Å². The molecule has 1 aliphatic carbocycles. The number of likely N-dealkylation sites (N-methyl/N-ethyl adjacent to an activating group) is 1. The quantitative estimate of drug-likeness (QED) is 0.787. The average molecular weight is 239 g/mol. The fraction of sp³-hybridized carbons (Fsp3) is 0.923. The molecule has 1 atom stereocenters. The van der Waals surface area contributed by atoms with Gasteiger partial charge in [-0.15, -0.1) is 0 Å². The van der Waals surface area contributed by atoms with Gasteiger partial charge in [-0.05, 0) is 33.4 Å². The minimum atomic E-state index is -0.221. The molecule has 1 unspecified atom stereocenters. The third kappa shape index (κ3) is 2.33. The lowest BCUT2D eigenvalue weighted by Gasteiger charge is -2.31. The predicted molar refractivity (Wildman–Crippen MR) is 68.6 cm³/mol. The number of hydrogen-bond donors (Lipinski definition) is 1. The van der Waals surface area contributed by atoms with Crippen LogP contribution in [0.4, 0.5) is 0 Å². The number of likely N-dealkylation sites (tertiary alicyclic amines) is 1. The van der Waals surface area contributed by atoms with Crippen LogP contribution < -0.4 is 5.73 Å². The molecule has 1 saturated heterocycles. The van der Waals surface area contributed by atoms with E-state index >= 15 is 0 Å². The highest BCUT2D eigenvalue weighted by Gasteiger charge is 2.44. The van der Waals surface area contributed by atoms with Gasteiger partial charge in [-0.2, -0.15) is 0 Å². The first-order valence-electron chi connectivity index (χ1n) is 6.75. The van der Waals surface area contributed by atoms with Crippen molar-refractivity contribution in [2.45, 2.75) is 38.1 Å². The minimum absolute atomic E-state index is 0.221. The molecule has 1 heterocycles. The lowest BCUT2D eigenvalue weighted by atomic mass is 9.85. The van der Waals surface area contributed by atoms with Crippen LogP contribution in [0.25, 0.3) is 0 Å². The van der Waals surface area contributed by atoms with Gasteiger partial charge in [0.2, 0.25) is 5.91 Å². The van der Waals surface area contributed by atoms with Gasteiger partial charge >= 0.3 is 0 Å².